The monoisotopic (exact) mass is 254 g/mol. The van der Waals surface area contributed by atoms with E-state index in [-0.39, 0.29) is 12.2 Å². The zero-order chi connectivity index (χ0) is 12.8. The lowest BCUT2D eigenvalue weighted by atomic mass is 10.2. The standard InChI is InChI=1S/C9H19NO5S/c1-10(2,6-3-5-9(11)12)7-4-8-16(13,14)15/h3-8H2,1-2H3,(H-,11,12,13,14,15)/p+1. The van der Waals surface area contributed by atoms with Gasteiger partial charge in [0.15, 0.2) is 0 Å². The average molecular weight is 254 g/mol. The van der Waals surface area contributed by atoms with E-state index in [4.69, 9.17) is 9.66 Å². The zero-order valence-corrected chi connectivity index (χ0v) is 10.5. The molecule has 0 bridgehead atoms. The lowest BCUT2D eigenvalue weighted by molar-refractivity contribution is -0.890. The first-order valence-electron chi connectivity index (χ1n) is 5.11. The van der Waals surface area contributed by atoms with Crippen LogP contribution in [-0.4, -0.2) is 61.5 Å². The zero-order valence-electron chi connectivity index (χ0n) is 9.72. The molecule has 16 heavy (non-hydrogen) atoms. The van der Waals surface area contributed by atoms with Gasteiger partial charge in [0, 0.05) is 12.8 Å². The van der Waals surface area contributed by atoms with Gasteiger partial charge < -0.3 is 9.59 Å². The maximum absolute atomic E-state index is 10.5. The van der Waals surface area contributed by atoms with Gasteiger partial charge in [-0.1, -0.05) is 0 Å². The minimum absolute atomic E-state index is 0.125. The Morgan fingerprint density at radius 3 is 2.12 bits per heavy atom. The first kappa shape index (κ1) is 15.3. The number of rotatable bonds is 8. The van der Waals surface area contributed by atoms with Gasteiger partial charge in [-0.15, -0.1) is 0 Å². The number of aliphatic carboxylic acids is 1. The van der Waals surface area contributed by atoms with E-state index in [1.807, 2.05) is 14.1 Å². The van der Waals surface area contributed by atoms with Crippen molar-refractivity contribution in [3.05, 3.63) is 0 Å². The van der Waals surface area contributed by atoms with Gasteiger partial charge in [-0.05, 0) is 0 Å². The normalized spacial score (nSPS) is 12.7. The molecule has 0 aliphatic carbocycles. The molecule has 0 spiro atoms. The average Bonchev–Trinajstić information content (AvgIpc) is 1.99. The van der Waals surface area contributed by atoms with Crippen molar-refractivity contribution >= 4 is 16.1 Å². The van der Waals surface area contributed by atoms with E-state index in [9.17, 15) is 13.2 Å². The van der Waals surface area contributed by atoms with Gasteiger partial charge in [0.05, 0.1) is 39.4 Å². The lowest BCUT2D eigenvalue weighted by Gasteiger charge is -2.29. The van der Waals surface area contributed by atoms with Gasteiger partial charge in [0.25, 0.3) is 10.1 Å². The second-order valence-corrected chi connectivity index (χ2v) is 6.09. The predicted molar refractivity (Wildman–Crippen MR) is 59.7 cm³/mol. The Morgan fingerprint density at radius 1 is 1.19 bits per heavy atom. The van der Waals surface area contributed by atoms with Gasteiger partial charge >= 0.3 is 5.97 Å². The van der Waals surface area contributed by atoms with Crippen molar-refractivity contribution in [1.82, 2.24) is 0 Å². The fraction of sp³-hybridized carbons (Fsp3) is 0.889. The summed E-state index contributed by atoms with van der Waals surface area (Å²) in [4.78, 5) is 10.3. The molecule has 0 aromatic rings. The second-order valence-electron chi connectivity index (χ2n) is 4.52. The number of hydrogen-bond acceptors (Lipinski definition) is 3. The molecular weight excluding hydrogens is 234 g/mol. The highest BCUT2D eigenvalue weighted by molar-refractivity contribution is 7.85. The van der Waals surface area contributed by atoms with E-state index in [0.717, 1.165) is 0 Å². The Kier molecular flexibility index (Phi) is 5.91. The Morgan fingerprint density at radius 2 is 1.69 bits per heavy atom. The molecule has 6 nitrogen and oxygen atoms in total. The van der Waals surface area contributed by atoms with Crippen LogP contribution in [0.15, 0.2) is 0 Å². The van der Waals surface area contributed by atoms with Gasteiger partial charge in [-0.3, -0.25) is 9.35 Å². The van der Waals surface area contributed by atoms with Gasteiger partial charge in [-0.25, -0.2) is 0 Å². The van der Waals surface area contributed by atoms with Crippen LogP contribution >= 0.6 is 0 Å². The minimum Gasteiger partial charge on any atom is -0.481 e. The molecule has 0 aromatic heterocycles. The molecule has 2 N–H and O–H groups in total. The third-order valence-corrected chi connectivity index (χ3v) is 3.12. The minimum atomic E-state index is -3.88. The summed E-state index contributed by atoms with van der Waals surface area (Å²) >= 11 is 0. The van der Waals surface area contributed by atoms with Crippen molar-refractivity contribution < 1.29 is 27.4 Å². The summed E-state index contributed by atoms with van der Waals surface area (Å²) in [5.74, 6) is -1.06. The highest BCUT2D eigenvalue weighted by Gasteiger charge is 2.16. The van der Waals surface area contributed by atoms with Crippen molar-refractivity contribution in [1.29, 1.82) is 0 Å². The quantitative estimate of drug-likeness (QED) is 0.477. The first-order chi connectivity index (χ1) is 7.12. The second kappa shape index (κ2) is 6.17. The predicted octanol–water partition coefficient (Wildman–Crippen LogP) is 0.206. The highest BCUT2D eigenvalue weighted by Crippen LogP contribution is 2.04. The molecule has 0 unspecified atom stereocenters. The van der Waals surface area contributed by atoms with Crippen molar-refractivity contribution in [2.24, 2.45) is 0 Å². The largest absolute Gasteiger partial charge is 0.481 e. The summed E-state index contributed by atoms with van der Waals surface area (Å²) < 4.78 is 30.1. The molecule has 0 aliphatic heterocycles. The SMILES string of the molecule is C[N+](C)(CCCC(=O)O)CCCS(=O)(=O)O. The van der Waals surface area contributed by atoms with Crippen LogP contribution in [0.4, 0.5) is 0 Å². The molecule has 0 rings (SSSR count). The maximum atomic E-state index is 10.5. The number of carboxylic acids is 1. The first-order valence-corrected chi connectivity index (χ1v) is 6.72. The third kappa shape index (κ3) is 9.88. The molecule has 0 fully saturated rings. The van der Waals surface area contributed by atoms with E-state index in [1.54, 1.807) is 0 Å². The van der Waals surface area contributed by atoms with Crippen molar-refractivity contribution in [2.45, 2.75) is 19.3 Å². The summed E-state index contributed by atoms with van der Waals surface area (Å²) in [6.45, 7) is 1.27. The summed E-state index contributed by atoms with van der Waals surface area (Å²) in [5.41, 5.74) is 0. The Labute approximate surface area is 96.2 Å². The van der Waals surface area contributed by atoms with Gasteiger partial charge in [-0.2, -0.15) is 8.42 Å². The molecule has 0 aliphatic rings. The van der Waals surface area contributed by atoms with E-state index < -0.39 is 16.1 Å². The van der Waals surface area contributed by atoms with Crippen LogP contribution in [0.3, 0.4) is 0 Å². The van der Waals surface area contributed by atoms with Crippen LogP contribution < -0.4 is 0 Å². The van der Waals surface area contributed by atoms with Crippen LogP contribution in [0.5, 0.6) is 0 Å². The van der Waals surface area contributed by atoms with Crippen molar-refractivity contribution in [3.63, 3.8) is 0 Å². The number of carbonyl (C=O) groups is 1. The highest BCUT2D eigenvalue weighted by atomic mass is 32.2. The molecule has 0 radical (unpaired) electrons. The van der Waals surface area contributed by atoms with Gasteiger partial charge in [0.1, 0.15) is 0 Å². The van der Waals surface area contributed by atoms with Crippen molar-refractivity contribution in [2.75, 3.05) is 32.9 Å². The Bertz CT molecular complexity index is 323. The molecule has 0 saturated heterocycles. The number of nitrogens with zero attached hydrogens (tertiary/aromatic N) is 1. The summed E-state index contributed by atoms with van der Waals surface area (Å²) in [6.07, 6.45) is 1.06. The number of carboxylic acid groups (broad SMARTS) is 1. The number of quaternary nitrogens is 1. The molecule has 0 saturated carbocycles. The van der Waals surface area contributed by atoms with Crippen molar-refractivity contribution in [3.8, 4) is 0 Å². The van der Waals surface area contributed by atoms with Crippen LogP contribution in [0, 0.1) is 0 Å². The molecule has 96 valence electrons. The lowest BCUT2D eigenvalue weighted by Crippen LogP contribution is -2.42. The summed E-state index contributed by atoms with van der Waals surface area (Å²) in [5, 5.41) is 8.47. The van der Waals surface area contributed by atoms with Gasteiger partial charge in [0.2, 0.25) is 0 Å². The molecule has 0 amide bonds. The van der Waals surface area contributed by atoms with E-state index in [1.165, 1.54) is 0 Å². The molecular formula is C9H20NO5S+. The fourth-order valence-electron chi connectivity index (χ4n) is 1.45. The molecule has 0 atom stereocenters. The Hall–Kier alpha value is -0.660. The fourth-order valence-corrected chi connectivity index (χ4v) is 1.94. The topological polar surface area (TPSA) is 91.7 Å². The molecule has 7 heteroatoms. The van der Waals surface area contributed by atoms with E-state index in [0.29, 0.717) is 30.4 Å². The third-order valence-electron chi connectivity index (χ3n) is 2.32. The smallest absolute Gasteiger partial charge is 0.303 e. The van der Waals surface area contributed by atoms with Crippen LogP contribution in [0.25, 0.3) is 0 Å². The van der Waals surface area contributed by atoms with E-state index in [2.05, 4.69) is 0 Å². The number of hydrogen-bond donors (Lipinski definition) is 2. The van der Waals surface area contributed by atoms with Crippen LogP contribution in [0.1, 0.15) is 19.3 Å². The molecule has 0 aromatic carbocycles. The van der Waals surface area contributed by atoms with E-state index >= 15 is 0 Å². The summed E-state index contributed by atoms with van der Waals surface area (Å²) in [6, 6.07) is 0. The summed E-state index contributed by atoms with van der Waals surface area (Å²) in [7, 11) is -0.0675. The maximum Gasteiger partial charge on any atom is 0.303 e. The van der Waals surface area contributed by atoms with Crippen LogP contribution in [0.2, 0.25) is 0 Å². The van der Waals surface area contributed by atoms with Crippen LogP contribution in [-0.2, 0) is 14.9 Å². The Balaban J connectivity index is 3.82. The molecule has 0 heterocycles.